The van der Waals surface area contributed by atoms with E-state index in [1.165, 1.54) is 0 Å². The van der Waals surface area contributed by atoms with Crippen LogP contribution < -0.4 is 14.8 Å². The molecular weight excluding hydrogens is 242 g/mol. The van der Waals surface area contributed by atoms with Gasteiger partial charge in [0.2, 0.25) is 0 Å². The molecule has 0 saturated carbocycles. The van der Waals surface area contributed by atoms with E-state index in [4.69, 9.17) is 14.2 Å². The summed E-state index contributed by atoms with van der Waals surface area (Å²) in [4.78, 5) is 0. The molecule has 0 spiro atoms. The third kappa shape index (κ3) is 3.53. The number of ether oxygens (including phenoxy) is 3. The Balaban J connectivity index is 2.12. The maximum Gasteiger partial charge on any atom is 0.142 e. The summed E-state index contributed by atoms with van der Waals surface area (Å²) in [6.07, 6.45) is 2.59. The smallest absolute Gasteiger partial charge is 0.142 e. The predicted molar refractivity (Wildman–Crippen MR) is 76.2 cm³/mol. The molecule has 0 radical (unpaired) electrons. The van der Waals surface area contributed by atoms with Crippen LogP contribution in [0.1, 0.15) is 26.7 Å². The SMILES string of the molecule is COc1ccc(OC)c(NC2CC(C)OC(C)C2)c1. The van der Waals surface area contributed by atoms with E-state index < -0.39 is 0 Å². The maximum atomic E-state index is 5.76. The fraction of sp³-hybridized carbons (Fsp3) is 0.600. The lowest BCUT2D eigenvalue weighted by atomic mass is 9.99. The highest BCUT2D eigenvalue weighted by Crippen LogP contribution is 2.31. The Labute approximate surface area is 115 Å². The topological polar surface area (TPSA) is 39.7 Å². The van der Waals surface area contributed by atoms with Gasteiger partial charge in [0.25, 0.3) is 0 Å². The number of anilines is 1. The van der Waals surface area contributed by atoms with Crippen LogP contribution in [0.25, 0.3) is 0 Å². The van der Waals surface area contributed by atoms with Crippen LogP contribution in [0.4, 0.5) is 5.69 Å². The van der Waals surface area contributed by atoms with Gasteiger partial charge in [0, 0.05) is 12.1 Å². The Morgan fingerprint density at radius 1 is 1.11 bits per heavy atom. The normalized spacial score (nSPS) is 26.8. The molecule has 19 heavy (non-hydrogen) atoms. The molecule has 1 aromatic rings. The van der Waals surface area contributed by atoms with E-state index in [2.05, 4.69) is 19.2 Å². The fourth-order valence-electron chi connectivity index (χ4n) is 2.67. The summed E-state index contributed by atoms with van der Waals surface area (Å²) in [7, 11) is 3.35. The Morgan fingerprint density at radius 3 is 2.37 bits per heavy atom. The zero-order valence-corrected chi connectivity index (χ0v) is 12.1. The molecule has 1 aliphatic rings. The van der Waals surface area contributed by atoms with Crippen LogP contribution in [-0.4, -0.2) is 32.5 Å². The van der Waals surface area contributed by atoms with Gasteiger partial charge in [-0.15, -0.1) is 0 Å². The molecule has 2 atom stereocenters. The van der Waals surface area contributed by atoms with E-state index in [0.717, 1.165) is 30.0 Å². The molecule has 0 aliphatic carbocycles. The van der Waals surface area contributed by atoms with Gasteiger partial charge in [0.05, 0.1) is 32.1 Å². The van der Waals surface area contributed by atoms with Crippen molar-refractivity contribution in [3.63, 3.8) is 0 Å². The Hall–Kier alpha value is -1.42. The molecular formula is C15H23NO3. The van der Waals surface area contributed by atoms with E-state index in [-0.39, 0.29) is 12.2 Å². The highest BCUT2D eigenvalue weighted by atomic mass is 16.5. The van der Waals surface area contributed by atoms with Crippen LogP contribution >= 0.6 is 0 Å². The molecule has 0 amide bonds. The number of methoxy groups -OCH3 is 2. The average Bonchev–Trinajstić information content (AvgIpc) is 2.37. The third-order valence-corrected chi connectivity index (χ3v) is 3.46. The van der Waals surface area contributed by atoms with Crippen LogP contribution in [0, 0.1) is 0 Å². The molecule has 1 aromatic carbocycles. The van der Waals surface area contributed by atoms with Gasteiger partial charge in [-0.05, 0) is 38.8 Å². The van der Waals surface area contributed by atoms with E-state index in [1.807, 2.05) is 18.2 Å². The van der Waals surface area contributed by atoms with Gasteiger partial charge in [0.15, 0.2) is 0 Å². The first-order valence-corrected chi connectivity index (χ1v) is 6.76. The highest BCUT2D eigenvalue weighted by Gasteiger charge is 2.25. The molecule has 106 valence electrons. The van der Waals surface area contributed by atoms with Crippen molar-refractivity contribution in [2.45, 2.75) is 44.9 Å². The molecule has 2 unspecified atom stereocenters. The minimum absolute atomic E-state index is 0.290. The molecule has 1 N–H and O–H groups in total. The fourth-order valence-corrected chi connectivity index (χ4v) is 2.67. The number of nitrogens with one attached hydrogen (secondary N) is 1. The van der Waals surface area contributed by atoms with E-state index in [0.29, 0.717) is 6.04 Å². The molecule has 0 bridgehead atoms. The Kier molecular flexibility index (Phi) is 4.53. The van der Waals surface area contributed by atoms with Gasteiger partial charge in [-0.1, -0.05) is 0 Å². The average molecular weight is 265 g/mol. The summed E-state index contributed by atoms with van der Waals surface area (Å²) in [5.41, 5.74) is 0.980. The van der Waals surface area contributed by atoms with Gasteiger partial charge < -0.3 is 19.5 Å². The van der Waals surface area contributed by atoms with Crippen molar-refractivity contribution < 1.29 is 14.2 Å². The van der Waals surface area contributed by atoms with Crippen LogP contribution in [0.15, 0.2) is 18.2 Å². The molecule has 1 heterocycles. The molecule has 1 aliphatic heterocycles. The van der Waals surface area contributed by atoms with Gasteiger partial charge in [-0.2, -0.15) is 0 Å². The van der Waals surface area contributed by atoms with E-state index in [1.54, 1.807) is 14.2 Å². The van der Waals surface area contributed by atoms with Crippen molar-refractivity contribution in [3.8, 4) is 11.5 Å². The van der Waals surface area contributed by atoms with Crippen LogP contribution in [0.5, 0.6) is 11.5 Å². The number of benzene rings is 1. The maximum absolute atomic E-state index is 5.76. The monoisotopic (exact) mass is 265 g/mol. The first kappa shape index (κ1) is 14.0. The van der Waals surface area contributed by atoms with E-state index >= 15 is 0 Å². The van der Waals surface area contributed by atoms with Crippen molar-refractivity contribution in [2.75, 3.05) is 19.5 Å². The molecule has 1 fully saturated rings. The lowest BCUT2D eigenvalue weighted by Crippen LogP contribution is -2.36. The Bertz CT molecular complexity index is 412. The number of rotatable bonds is 4. The van der Waals surface area contributed by atoms with Crippen LogP contribution in [0.3, 0.4) is 0 Å². The lowest BCUT2D eigenvalue weighted by molar-refractivity contribution is -0.0338. The largest absolute Gasteiger partial charge is 0.497 e. The number of hydrogen-bond donors (Lipinski definition) is 1. The van der Waals surface area contributed by atoms with Crippen molar-refractivity contribution in [3.05, 3.63) is 18.2 Å². The van der Waals surface area contributed by atoms with Gasteiger partial charge in [-0.3, -0.25) is 0 Å². The zero-order valence-electron chi connectivity index (χ0n) is 12.1. The molecule has 4 nitrogen and oxygen atoms in total. The van der Waals surface area contributed by atoms with E-state index in [9.17, 15) is 0 Å². The van der Waals surface area contributed by atoms with Crippen molar-refractivity contribution in [1.29, 1.82) is 0 Å². The van der Waals surface area contributed by atoms with Gasteiger partial charge in [-0.25, -0.2) is 0 Å². The first-order chi connectivity index (χ1) is 9.12. The summed E-state index contributed by atoms with van der Waals surface area (Å²) in [6, 6.07) is 6.20. The second-order valence-electron chi connectivity index (χ2n) is 5.14. The molecule has 2 rings (SSSR count). The summed E-state index contributed by atoms with van der Waals surface area (Å²) in [5, 5.41) is 3.55. The van der Waals surface area contributed by atoms with Crippen molar-refractivity contribution in [1.82, 2.24) is 0 Å². The third-order valence-electron chi connectivity index (χ3n) is 3.46. The van der Waals surface area contributed by atoms with Crippen molar-refractivity contribution in [2.24, 2.45) is 0 Å². The standard InChI is InChI=1S/C15H23NO3/c1-10-7-12(8-11(2)19-10)16-14-9-13(17-3)5-6-15(14)18-4/h5-6,9-12,16H,7-8H2,1-4H3. The second-order valence-corrected chi connectivity index (χ2v) is 5.14. The summed E-state index contributed by atoms with van der Waals surface area (Å²) in [5.74, 6) is 1.67. The van der Waals surface area contributed by atoms with Crippen LogP contribution in [-0.2, 0) is 4.74 Å². The predicted octanol–water partition coefficient (Wildman–Crippen LogP) is 3.07. The van der Waals surface area contributed by atoms with Crippen molar-refractivity contribution >= 4 is 5.69 Å². The second kappa shape index (κ2) is 6.15. The minimum atomic E-state index is 0.290. The quantitative estimate of drug-likeness (QED) is 0.908. The first-order valence-electron chi connectivity index (χ1n) is 6.76. The summed E-state index contributed by atoms with van der Waals surface area (Å²) < 4.78 is 16.4. The minimum Gasteiger partial charge on any atom is -0.497 e. The number of hydrogen-bond acceptors (Lipinski definition) is 4. The summed E-state index contributed by atoms with van der Waals surface area (Å²) >= 11 is 0. The van der Waals surface area contributed by atoms with Crippen LogP contribution in [0.2, 0.25) is 0 Å². The molecule has 0 aromatic heterocycles. The highest BCUT2D eigenvalue weighted by molar-refractivity contribution is 5.60. The summed E-state index contributed by atoms with van der Waals surface area (Å²) in [6.45, 7) is 4.24. The lowest BCUT2D eigenvalue weighted by Gasteiger charge is -2.33. The Morgan fingerprint density at radius 2 is 1.79 bits per heavy atom. The van der Waals surface area contributed by atoms with Gasteiger partial charge in [0.1, 0.15) is 11.5 Å². The molecule has 4 heteroatoms. The van der Waals surface area contributed by atoms with Gasteiger partial charge >= 0.3 is 0 Å². The molecule has 1 saturated heterocycles. The zero-order chi connectivity index (χ0) is 13.8.